The number of carbonyl (C=O) groups excluding carboxylic acids is 1. The predicted octanol–water partition coefficient (Wildman–Crippen LogP) is 3.06. The van der Waals surface area contributed by atoms with Crippen LogP contribution in [0.4, 0.5) is 8.78 Å². The molecule has 0 unspecified atom stereocenters. The summed E-state index contributed by atoms with van der Waals surface area (Å²) in [5.74, 6) is -0.753. The largest absolute Gasteiger partial charge is 0.333 e. The number of likely N-dealkylation sites (tertiary alicyclic amines) is 1. The summed E-state index contributed by atoms with van der Waals surface area (Å²) in [7, 11) is 0. The number of aromatic nitrogens is 1. The van der Waals surface area contributed by atoms with Crippen LogP contribution in [-0.2, 0) is 0 Å². The van der Waals surface area contributed by atoms with E-state index in [1.807, 2.05) is 4.90 Å². The molecular formula is C21H21F2N3O. The molecule has 0 radical (unpaired) electrons. The second-order valence-corrected chi connectivity index (χ2v) is 7.86. The van der Waals surface area contributed by atoms with Crippen LogP contribution in [0.25, 0.3) is 0 Å². The van der Waals surface area contributed by atoms with Crippen molar-refractivity contribution in [3.05, 3.63) is 65.5 Å². The molecule has 0 aliphatic carbocycles. The van der Waals surface area contributed by atoms with Crippen LogP contribution in [0.3, 0.4) is 0 Å². The number of carbonyl (C=O) groups is 1. The van der Waals surface area contributed by atoms with E-state index in [1.54, 1.807) is 24.5 Å². The van der Waals surface area contributed by atoms with E-state index >= 15 is 0 Å². The van der Waals surface area contributed by atoms with Crippen molar-refractivity contribution in [2.45, 2.75) is 30.8 Å². The molecule has 0 N–H and O–H groups in total. The fourth-order valence-electron chi connectivity index (χ4n) is 5.40. The molecule has 6 rings (SSSR count). The Morgan fingerprint density at radius 3 is 2.33 bits per heavy atom. The van der Waals surface area contributed by atoms with Gasteiger partial charge in [0.1, 0.15) is 11.6 Å². The van der Waals surface area contributed by atoms with Crippen molar-refractivity contribution in [2.75, 3.05) is 19.6 Å². The molecule has 6 heteroatoms. The Morgan fingerprint density at radius 2 is 1.67 bits per heavy atom. The molecule has 4 aliphatic heterocycles. The van der Waals surface area contributed by atoms with Crippen LogP contribution in [-0.4, -0.2) is 52.4 Å². The van der Waals surface area contributed by atoms with Gasteiger partial charge in [0.25, 0.3) is 5.91 Å². The standard InChI is InChI=1S/C21H21F2N3O/c22-16-9-15(10-17(23)11-16)18-12-26(21(27)14-1-5-24-6-2-14)19-13-3-7-25(8-4-13)20(18)19/h1-2,5-6,9-11,13,18-20H,3-4,7-8,12H2/t18-,19-,20-/m1/s1. The van der Waals surface area contributed by atoms with Gasteiger partial charge >= 0.3 is 0 Å². The molecule has 0 saturated carbocycles. The summed E-state index contributed by atoms with van der Waals surface area (Å²) < 4.78 is 27.7. The van der Waals surface area contributed by atoms with Crippen LogP contribution in [0, 0.1) is 17.6 Å². The van der Waals surface area contributed by atoms with Gasteiger partial charge in [-0.1, -0.05) is 0 Å². The molecule has 3 atom stereocenters. The molecule has 1 aromatic carbocycles. The van der Waals surface area contributed by atoms with Gasteiger partial charge in [-0.25, -0.2) is 8.78 Å². The second-order valence-electron chi connectivity index (χ2n) is 7.86. The average molecular weight is 369 g/mol. The normalized spacial score (nSPS) is 31.8. The zero-order valence-electron chi connectivity index (χ0n) is 14.9. The molecule has 4 aliphatic rings. The fourth-order valence-corrected chi connectivity index (χ4v) is 5.40. The summed E-state index contributed by atoms with van der Waals surface area (Å²) in [6.07, 6.45) is 5.39. The molecular weight excluding hydrogens is 348 g/mol. The van der Waals surface area contributed by atoms with Crippen LogP contribution in [0.1, 0.15) is 34.7 Å². The van der Waals surface area contributed by atoms with E-state index in [-0.39, 0.29) is 23.9 Å². The number of amides is 1. The number of fused-ring (bicyclic) bond motifs is 2. The topological polar surface area (TPSA) is 36.4 Å². The first-order valence-corrected chi connectivity index (χ1v) is 9.53. The zero-order valence-corrected chi connectivity index (χ0v) is 14.9. The predicted molar refractivity (Wildman–Crippen MR) is 96.2 cm³/mol. The van der Waals surface area contributed by atoms with Gasteiger partial charge in [-0.2, -0.15) is 0 Å². The average Bonchev–Trinajstić information content (AvgIpc) is 3.11. The summed E-state index contributed by atoms with van der Waals surface area (Å²) in [4.78, 5) is 21.6. The Balaban J connectivity index is 1.55. The summed E-state index contributed by atoms with van der Waals surface area (Å²) in [5, 5.41) is 0. The molecule has 5 heterocycles. The number of hydrogen-bond donors (Lipinski definition) is 0. The van der Waals surface area contributed by atoms with E-state index in [2.05, 4.69) is 9.88 Å². The number of rotatable bonds is 2. The number of nitrogens with zero attached hydrogens (tertiary/aromatic N) is 3. The highest BCUT2D eigenvalue weighted by molar-refractivity contribution is 5.94. The van der Waals surface area contributed by atoms with E-state index in [0.717, 1.165) is 32.0 Å². The van der Waals surface area contributed by atoms with Crippen molar-refractivity contribution in [1.82, 2.24) is 14.8 Å². The quantitative estimate of drug-likeness (QED) is 0.816. The maximum Gasteiger partial charge on any atom is 0.254 e. The molecule has 1 amide bonds. The van der Waals surface area contributed by atoms with Gasteiger partial charge in [-0.15, -0.1) is 0 Å². The molecule has 140 valence electrons. The van der Waals surface area contributed by atoms with Crippen molar-refractivity contribution in [3.8, 4) is 0 Å². The van der Waals surface area contributed by atoms with Crippen molar-refractivity contribution >= 4 is 5.91 Å². The third kappa shape index (κ3) is 2.74. The van der Waals surface area contributed by atoms with Gasteiger partial charge in [0.05, 0.1) is 6.04 Å². The lowest BCUT2D eigenvalue weighted by Gasteiger charge is -2.51. The SMILES string of the molecule is O=C(c1ccncc1)N1C[C@H](c2cc(F)cc(F)c2)[C@@H]2[C@H]1C1CCN2CC1. The highest BCUT2D eigenvalue weighted by Crippen LogP contribution is 2.47. The van der Waals surface area contributed by atoms with Crippen LogP contribution >= 0.6 is 0 Å². The van der Waals surface area contributed by atoms with Gasteiger partial charge in [0.2, 0.25) is 0 Å². The van der Waals surface area contributed by atoms with Gasteiger partial charge in [0.15, 0.2) is 0 Å². The van der Waals surface area contributed by atoms with Gasteiger partial charge in [-0.05, 0) is 61.7 Å². The van der Waals surface area contributed by atoms with Crippen molar-refractivity contribution in [2.24, 2.45) is 5.92 Å². The Kier molecular flexibility index (Phi) is 3.97. The lowest BCUT2D eigenvalue weighted by Crippen LogP contribution is -2.60. The minimum absolute atomic E-state index is 0.0134. The van der Waals surface area contributed by atoms with E-state index in [4.69, 9.17) is 0 Å². The maximum atomic E-state index is 13.9. The van der Waals surface area contributed by atoms with Gasteiger partial charge in [0, 0.05) is 42.5 Å². The van der Waals surface area contributed by atoms with E-state index in [9.17, 15) is 13.6 Å². The summed E-state index contributed by atoms with van der Waals surface area (Å²) in [6.45, 7) is 2.49. The molecule has 4 saturated heterocycles. The molecule has 2 aromatic rings. The lowest BCUT2D eigenvalue weighted by molar-refractivity contribution is -0.00343. The minimum atomic E-state index is -0.559. The smallest absolute Gasteiger partial charge is 0.254 e. The van der Waals surface area contributed by atoms with Gasteiger partial charge < -0.3 is 4.90 Å². The zero-order chi connectivity index (χ0) is 18.5. The van der Waals surface area contributed by atoms with E-state index in [0.29, 0.717) is 23.6 Å². The molecule has 27 heavy (non-hydrogen) atoms. The highest BCUT2D eigenvalue weighted by Gasteiger charge is 2.54. The number of benzene rings is 1. The Bertz CT molecular complexity index is 847. The molecule has 0 spiro atoms. The molecule has 4 fully saturated rings. The van der Waals surface area contributed by atoms with Crippen LogP contribution in [0.2, 0.25) is 0 Å². The highest BCUT2D eigenvalue weighted by atomic mass is 19.1. The first-order chi connectivity index (χ1) is 13.1. The summed E-state index contributed by atoms with van der Waals surface area (Å²) in [6, 6.07) is 7.45. The molecule has 2 bridgehead atoms. The molecule has 1 aromatic heterocycles. The number of pyridine rings is 1. The first kappa shape index (κ1) is 16.8. The Morgan fingerprint density at radius 1 is 1.00 bits per heavy atom. The Labute approximate surface area is 156 Å². The summed E-state index contributed by atoms with van der Waals surface area (Å²) in [5.41, 5.74) is 1.27. The van der Waals surface area contributed by atoms with Crippen molar-refractivity contribution < 1.29 is 13.6 Å². The second kappa shape index (κ2) is 6.37. The van der Waals surface area contributed by atoms with Crippen molar-refractivity contribution in [3.63, 3.8) is 0 Å². The maximum absolute atomic E-state index is 13.9. The van der Waals surface area contributed by atoms with Gasteiger partial charge in [-0.3, -0.25) is 14.7 Å². The molecule has 4 nitrogen and oxygen atoms in total. The number of hydrogen-bond acceptors (Lipinski definition) is 3. The van der Waals surface area contributed by atoms with E-state index in [1.165, 1.54) is 12.1 Å². The van der Waals surface area contributed by atoms with Crippen LogP contribution < -0.4 is 0 Å². The van der Waals surface area contributed by atoms with Crippen LogP contribution in [0.5, 0.6) is 0 Å². The monoisotopic (exact) mass is 369 g/mol. The van der Waals surface area contributed by atoms with Crippen LogP contribution in [0.15, 0.2) is 42.7 Å². The number of halogens is 2. The van der Waals surface area contributed by atoms with E-state index < -0.39 is 11.6 Å². The fraction of sp³-hybridized carbons (Fsp3) is 0.429. The summed E-state index contributed by atoms with van der Waals surface area (Å²) >= 11 is 0. The van der Waals surface area contributed by atoms with Crippen molar-refractivity contribution in [1.29, 1.82) is 0 Å². The minimum Gasteiger partial charge on any atom is -0.333 e. The first-order valence-electron chi connectivity index (χ1n) is 9.53. The lowest BCUT2D eigenvalue weighted by atomic mass is 9.75. The number of piperidine rings is 3. The third-order valence-corrected chi connectivity index (χ3v) is 6.50. The third-order valence-electron chi connectivity index (χ3n) is 6.50. The Hall–Kier alpha value is -2.34.